The van der Waals surface area contributed by atoms with Crippen molar-refractivity contribution < 1.29 is 4.74 Å². The number of hydrogen-bond acceptors (Lipinski definition) is 2. The summed E-state index contributed by atoms with van der Waals surface area (Å²) in [6, 6.07) is 1.35. The van der Waals surface area contributed by atoms with E-state index in [1.165, 1.54) is 51.4 Å². The van der Waals surface area contributed by atoms with E-state index >= 15 is 0 Å². The summed E-state index contributed by atoms with van der Waals surface area (Å²) in [7, 11) is 0. The zero-order chi connectivity index (χ0) is 13.7. The predicted molar refractivity (Wildman–Crippen MR) is 81.5 cm³/mol. The van der Waals surface area contributed by atoms with E-state index in [2.05, 4.69) is 26.1 Å². The number of nitrogens with one attached hydrogen (secondary N) is 1. The second-order valence-electron chi connectivity index (χ2n) is 7.05. The summed E-state index contributed by atoms with van der Waals surface area (Å²) in [6.45, 7) is 7.86. The third-order valence-corrected chi connectivity index (χ3v) is 5.45. The molecule has 2 aliphatic rings. The van der Waals surface area contributed by atoms with Gasteiger partial charge in [-0.2, -0.15) is 0 Å². The molecular formula is C17H33NO. The lowest BCUT2D eigenvalue weighted by molar-refractivity contribution is -0.0796. The average Bonchev–Trinajstić information content (AvgIpc) is 2.68. The van der Waals surface area contributed by atoms with Crippen molar-refractivity contribution in [2.45, 2.75) is 96.2 Å². The second-order valence-corrected chi connectivity index (χ2v) is 7.05. The minimum atomic E-state index is 0.110. The van der Waals surface area contributed by atoms with Crippen LogP contribution in [0.3, 0.4) is 0 Å². The van der Waals surface area contributed by atoms with Gasteiger partial charge in [-0.15, -0.1) is 0 Å². The van der Waals surface area contributed by atoms with Crippen LogP contribution in [0.1, 0.15) is 78.6 Å². The maximum atomic E-state index is 5.95. The normalized spacial score (nSPS) is 35.8. The van der Waals surface area contributed by atoms with Gasteiger partial charge in [0.25, 0.3) is 0 Å². The van der Waals surface area contributed by atoms with Crippen molar-refractivity contribution in [2.75, 3.05) is 6.61 Å². The molecule has 2 fully saturated rings. The molecule has 2 nitrogen and oxygen atoms in total. The standard InChI is InChI=1S/C17H33NO/c1-4-17(3)13-16(11-12-19-17)18-14(2)15-9-7-5-6-8-10-15/h14-16,18H,4-13H2,1-3H3/t14-,16?,17?/m1/s1. The first-order chi connectivity index (χ1) is 9.13. The molecule has 3 atom stereocenters. The first-order valence-electron chi connectivity index (χ1n) is 8.53. The van der Waals surface area contributed by atoms with E-state index in [0.29, 0.717) is 12.1 Å². The van der Waals surface area contributed by atoms with E-state index in [0.717, 1.165) is 18.9 Å². The van der Waals surface area contributed by atoms with Crippen LogP contribution in [-0.2, 0) is 4.74 Å². The molecule has 0 amide bonds. The Kier molecular flexibility index (Phi) is 5.70. The van der Waals surface area contributed by atoms with Crippen molar-refractivity contribution in [3.05, 3.63) is 0 Å². The largest absolute Gasteiger partial charge is 0.375 e. The molecule has 1 aliphatic heterocycles. The third kappa shape index (κ3) is 4.46. The van der Waals surface area contributed by atoms with Crippen molar-refractivity contribution in [3.63, 3.8) is 0 Å². The van der Waals surface area contributed by atoms with Crippen molar-refractivity contribution in [2.24, 2.45) is 5.92 Å². The summed E-state index contributed by atoms with van der Waals surface area (Å²) in [6.07, 6.45) is 12.2. The summed E-state index contributed by atoms with van der Waals surface area (Å²) < 4.78 is 5.95. The lowest BCUT2D eigenvalue weighted by Gasteiger charge is -2.40. The van der Waals surface area contributed by atoms with Gasteiger partial charge in [0.2, 0.25) is 0 Å². The summed E-state index contributed by atoms with van der Waals surface area (Å²) in [5, 5.41) is 3.93. The van der Waals surface area contributed by atoms with Gasteiger partial charge in [0.15, 0.2) is 0 Å². The van der Waals surface area contributed by atoms with E-state index in [9.17, 15) is 0 Å². The summed E-state index contributed by atoms with van der Waals surface area (Å²) in [4.78, 5) is 0. The molecule has 2 rings (SSSR count). The average molecular weight is 267 g/mol. The minimum Gasteiger partial charge on any atom is -0.375 e. The topological polar surface area (TPSA) is 21.3 Å². The Bertz CT molecular complexity index is 260. The smallest absolute Gasteiger partial charge is 0.0666 e. The van der Waals surface area contributed by atoms with Gasteiger partial charge in [0.05, 0.1) is 5.60 Å². The maximum absolute atomic E-state index is 5.95. The quantitative estimate of drug-likeness (QED) is 0.768. The summed E-state index contributed by atoms with van der Waals surface area (Å²) in [5.74, 6) is 0.901. The lowest BCUT2D eigenvalue weighted by Crippen LogP contribution is -2.49. The van der Waals surface area contributed by atoms with Crippen LogP contribution < -0.4 is 5.32 Å². The zero-order valence-corrected chi connectivity index (χ0v) is 13.2. The lowest BCUT2D eigenvalue weighted by atomic mass is 9.87. The Balaban J connectivity index is 1.82. The van der Waals surface area contributed by atoms with Gasteiger partial charge >= 0.3 is 0 Å². The molecule has 0 aromatic heterocycles. The second kappa shape index (κ2) is 7.08. The Hall–Kier alpha value is -0.0800. The molecule has 1 N–H and O–H groups in total. The summed E-state index contributed by atoms with van der Waals surface area (Å²) >= 11 is 0. The van der Waals surface area contributed by atoms with E-state index in [1.54, 1.807) is 0 Å². The van der Waals surface area contributed by atoms with Gasteiger partial charge in [0.1, 0.15) is 0 Å². The third-order valence-electron chi connectivity index (χ3n) is 5.45. The van der Waals surface area contributed by atoms with Crippen LogP contribution in [0.25, 0.3) is 0 Å². The van der Waals surface area contributed by atoms with Crippen LogP contribution in [-0.4, -0.2) is 24.3 Å². The molecule has 1 saturated carbocycles. The fraction of sp³-hybridized carbons (Fsp3) is 1.00. The fourth-order valence-corrected chi connectivity index (χ4v) is 3.84. The van der Waals surface area contributed by atoms with Gasteiger partial charge < -0.3 is 10.1 Å². The SMILES string of the molecule is CCC1(C)CC(N[C@H](C)C2CCCCCC2)CCO1. The van der Waals surface area contributed by atoms with Crippen LogP contribution in [0.15, 0.2) is 0 Å². The molecule has 0 spiro atoms. The van der Waals surface area contributed by atoms with Gasteiger partial charge in [0, 0.05) is 18.7 Å². The molecule has 1 saturated heterocycles. The molecule has 1 heterocycles. The number of rotatable bonds is 4. The molecule has 2 unspecified atom stereocenters. The zero-order valence-electron chi connectivity index (χ0n) is 13.2. The molecule has 0 radical (unpaired) electrons. The van der Waals surface area contributed by atoms with Gasteiger partial charge in [-0.1, -0.05) is 32.6 Å². The monoisotopic (exact) mass is 267 g/mol. The van der Waals surface area contributed by atoms with Crippen molar-refractivity contribution in [1.82, 2.24) is 5.32 Å². The van der Waals surface area contributed by atoms with Gasteiger partial charge in [-0.25, -0.2) is 0 Å². The van der Waals surface area contributed by atoms with Crippen molar-refractivity contribution >= 4 is 0 Å². The van der Waals surface area contributed by atoms with E-state index < -0.39 is 0 Å². The van der Waals surface area contributed by atoms with Crippen LogP contribution in [0.2, 0.25) is 0 Å². The highest BCUT2D eigenvalue weighted by atomic mass is 16.5. The number of ether oxygens (including phenoxy) is 1. The first kappa shape index (κ1) is 15.3. The Morgan fingerprint density at radius 1 is 1.16 bits per heavy atom. The van der Waals surface area contributed by atoms with E-state index in [4.69, 9.17) is 4.74 Å². The molecule has 1 aliphatic carbocycles. The van der Waals surface area contributed by atoms with Gasteiger partial charge in [-0.05, 0) is 51.9 Å². The molecule has 19 heavy (non-hydrogen) atoms. The molecule has 0 aromatic carbocycles. The molecular weight excluding hydrogens is 234 g/mol. The molecule has 0 aromatic rings. The van der Waals surface area contributed by atoms with Crippen LogP contribution >= 0.6 is 0 Å². The number of hydrogen-bond donors (Lipinski definition) is 1. The maximum Gasteiger partial charge on any atom is 0.0666 e. The first-order valence-corrected chi connectivity index (χ1v) is 8.53. The van der Waals surface area contributed by atoms with Crippen LogP contribution in [0.4, 0.5) is 0 Å². The van der Waals surface area contributed by atoms with E-state index in [-0.39, 0.29) is 5.60 Å². The molecule has 112 valence electrons. The van der Waals surface area contributed by atoms with E-state index in [1.807, 2.05) is 0 Å². The van der Waals surface area contributed by atoms with Crippen molar-refractivity contribution in [3.8, 4) is 0 Å². The highest BCUT2D eigenvalue weighted by Gasteiger charge is 2.32. The van der Waals surface area contributed by atoms with Crippen LogP contribution in [0, 0.1) is 5.92 Å². The summed E-state index contributed by atoms with van der Waals surface area (Å²) in [5.41, 5.74) is 0.110. The van der Waals surface area contributed by atoms with Crippen molar-refractivity contribution in [1.29, 1.82) is 0 Å². The Morgan fingerprint density at radius 3 is 2.47 bits per heavy atom. The fourth-order valence-electron chi connectivity index (χ4n) is 3.84. The van der Waals surface area contributed by atoms with Crippen LogP contribution in [0.5, 0.6) is 0 Å². The minimum absolute atomic E-state index is 0.110. The Labute approximate surface area is 119 Å². The Morgan fingerprint density at radius 2 is 1.84 bits per heavy atom. The van der Waals surface area contributed by atoms with Gasteiger partial charge in [-0.3, -0.25) is 0 Å². The highest BCUT2D eigenvalue weighted by molar-refractivity contribution is 4.88. The highest BCUT2D eigenvalue weighted by Crippen LogP contribution is 2.30. The predicted octanol–water partition coefficient (Wildman–Crippen LogP) is 4.28. The molecule has 0 bridgehead atoms. The molecule has 2 heteroatoms.